The second kappa shape index (κ2) is 10.0. The van der Waals surface area contributed by atoms with E-state index in [2.05, 4.69) is 5.32 Å². The number of benzene rings is 2. The number of halogens is 7. The van der Waals surface area contributed by atoms with Crippen LogP contribution in [0.1, 0.15) is 32.8 Å². The second-order valence-electron chi connectivity index (χ2n) is 8.15. The summed E-state index contributed by atoms with van der Waals surface area (Å²) in [5.74, 6) is -11.8. The van der Waals surface area contributed by atoms with Gasteiger partial charge in [0.2, 0.25) is 11.8 Å². The van der Waals surface area contributed by atoms with Crippen molar-refractivity contribution in [2.75, 3.05) is 16.4 Å². The molecule has 0 saturated carbocycles. The van der Waals surface area contributed by atoms with Crippen LogP contribution in [0.4, 0.5) is 42.1 Å². The van der Waals surface area contributed by atoms with E-state index in [1.165, 1.54) is 0 Å². The molecule has 0 aliphatic heterocycles. The second-order valence-corrected chi connectivity index (χ2v) is 9.20. The fraction of sp³-hybridized carbons (Fsp3) is 0.333. The molecule has 2 N–H and O–H groups in total. The van der Waals surface area contributed by atoms with Crippen molar-refractivity contribution in [3.63, 3.8) is 0 Å². The Balaban J connectivity index is 2.03. The van der Waals surface area contributed by atoms with E-state index >= 15 is 0 Å². The topological polar surface area (TPSA) is 58.2 Å². The summed E-state index contributed by atoms with van der Waals surface area (Å²) in [4.78, 5) is 24.4. The Hall–Kier alpha value is -2.76. The largest absolute Gasteiger partial charge is 0.422 e. The molecular weight excluding hydrogens is 477 g/mol. The first-order valence-electron chi connectivity index (χ1n) is 9.36. The number of anilines is 2. The Bertz CT molecular complexity index is 1020. The Morgan fingerprint density at radius 3 is 1.79 bits per heavy atom. The lowest BCUT2D eigenvalue weighted by molar-refractivity contribution is -0.143. The van der Waals surface area contributed by atoms with Gasteiger partial charge >= 0.3 is 6.18 Å². The van der Waals surface area contributed by atoms with Crippen LogP contribution in [0.15, 0.2) is 29.2 Å². The smallest absolute Gasteiger partial charge is 0.326 e. The monoisotopic (exact) mass is 496 g/mol. The summed E-state index contributed by atoms with van der Waals surface area (Å²) in [5, 5.41) is 4.25. The molecule has 0 unspecified atom stereocenters. The Labute approximate surface area is 188 Å². The molecule has 0 aliphatic carbocycles. The van der Waals surface area contributed by atoms with Crippen molar-refractivity contribution in [3.05, 3.63) is 53.1 Å². The Morgan fingerprint density at radius 2 is 1.33 bits per heavy atom. The predicted octanol–water partition coefficient (Wildman–Crippen LogP) is 6.37. The lowest BCUT2D eigenvalue weighted by Crippen LogP contribution is -2.21. The van der Waals surface area contributed by atoms with Gasteiger partial charge in [-0.3, -0.25) is 9.59 Å². The average Bonchev–Trinajstić information content (AvgIpc) is 2.67. The maximum atomic E-state index is 13.9. The predicted molar refractivity (Wildman–Crippen MR) is 110 cm³/mol. The van der Waals surface area contributed by atoms with E-state index in [4.69, 9.17) is 0 Å². The maximum Gasteiger partial charge on any atom is 0.422 e. The van der Waals surface area contributed by atoms with Gasteiger partial charge in [-0.05, 0) is 29.7 Å². The van der Waals surface area contributed by atoms with E-state index in [1.807, 2.05) is 20.8 Å². The Kier molecular flexibility index (Phi) is 8.04. The molecule has 12 heteroatoms. The fourth-order valence-corrected chi connectivity index (χ4v) is 3.33. The van der Waals surface area contributed by atoms with Gasteiger partial charge in [0.25, 0.3) is 0 Å². The fourth-order valence-electron chi connectivity index (χ4n) is 2.64. The van der Waals surface area contributed by atoms with E-state index < -0.39 is 52.4 Å². The molecule has 0 aromatic heterocycles. The first-order chi connectivity index (χ1) is 15.1. The van der Waals surface area contributed by atoms with Crippen molar-refractivity contribution in [2.45, 2.75) is 38.3 Å². The molecule has 2 amide bonds. The molecule has 33 heavy (non-hydrogen) atoms. The van der Waals surface area contributed by atoms with Crippen LogP contribution in [0.3, 0.4) is 0 Å². The van der Waals surface area contributed by atoms with Gasteiger partial charge in [-0.15, -0.1) is 11.8 Å². The molecule has 0 spiro atoms. The number of rotatable bonds is 6. The molecule has 2 aromatic carbocycles. The highest BCUT2D eigenvalue weighted by Gasteiger charge is 2.42. The van der Waals surface area contributed by atoms with E-state index in [0.29, 0.717) is 17.0 Å². The van der Waals surface area contributed by atoms with Gasteiger partial charge in [-0.25, -0.2) is 17.6 Å². The number of amides is 2. The summed E-state index contributed by atoms with van der Waals surface area (Å²) < 4.78 is 92.9. The summed E-state index contributed by atoms with van der Waals surface area (Å²) in [6.45, 7) is 5.72. The summed E-state index contributed by atoms with van der Waals surface area (Å²) in [7, 11) is 0. The summed E-state index contributed by atoms with van der Waals surface area (Å²) in [6, 6.07) is 6.20. The van der Waals surface area contributed by atoms with Gasteiger partial charge in [0, 0.05) is 17.0 Å². The van der Waals surface area contributed by atoms with Crippen molar-refractivity contribution in [3.8, 4) is 0 Å². The third-order valence-electron chi connectivity index (χ3n) is 4.01. The van der Waals surface area contributed by atoms with Crippen molar-refractivity contribution >= 4 is 35.0 Å². The molecule has 4 nitrogen and oxygen atoms in total. The zero-order valence-corrected chi connectivity index (χ0v) is 18.4. The highest BCUT2D eigenvalue weighted by atomic mass is 32.2. The SMILES string of the molecule is CC(C)(C)CC(=O)Nc1ccc(SCC(=O)Nc2c(F)c(F)c(C(F)(F)F)c(F)c2F)cc1. The van der Waals surface area contributed by atoms with Gasteiger partial charge in [-0.2, -0.15) is 13.2 Å². The van der Waals surface area contributed by atoms with Crippen molar-refractivity contribution < 1.29 is 40.3 Å². The molecule has 0 fully saturated rings. The summed E-state index contributed by atoms with van der Waals surface area (Å²) in [5.41, 5.74) is -4.08. The van der Waals surface area contributed by atoms with Crippen LogP contribution in [0, 0.1) is 28.7 Å². The number of hydrogen-bond acceptors (Lipinski definition) is 3. The molecule has 0 atom stereocenters. The van der Waals surface area contributed by atoms with Crippen molar-refractivity contribution in [1.29, 1.82) is 0 Å². The van der Waals surface area contributed by atoms with Gasteiger partial charge in [0.15, 0.2) is 23.3 Å². The zero-order chi connectivity index (χ0) is 25.1. The molecule has 0 heterocycles. The molecule has 0 aliphatic rings. The summed E-state index contributed by atoms with van der Waals surface area (Å²) in [6.07, 6.45) is -5.38. The molecule has 2 aromatic rings. The minimum absolute atomic E-state index is 0.192. The van der Waals surface area contributed by atoms with Crippen LogP contribution < -0.4 is 10.6 Å². The summed E-state index contributed by atoms with van der Waals surface area (Å²) >= 11 is 0.876. The van der Waals surface area contributed by atoms with Gasteiger partial charge in [0.1, 0.15) is 11.3 Å². The van der Waals surface area contributed by atoms with E-state index in [1.54, 1.807) is 29.6 Å². The van der Waals surface area contributed by atoms with E-state index in [9.17, 15) is 40.3 Å². The minimum Gasteiger partial charge on any atom is -0.326 e. The lowest BCUT2D eigenvalue weighted by Gasteiger charge is -2.17. The van der Waals surface area contributed by atoms with Crippen LogP contribution in [-0.4, -0.2) is 17.6 Å². The third kappa shape index (κ3) is 7.11. The average molecular weight is 496 g/mol. The van der Waals surface area contributed by atoms with Gasteiger partial charge < -0.3 is 10.6 Å². The first kappa shape index (κ1) is 26.5. The number of carbonyl (C=O) groups excluding carboxylic acids is 2. The normalized spacial score (nSPS) is 11.9. The molecule has 180 valence electrons. The number of alkyl halides is 3. The lowest BCUT2D eigenvalue weighted by atomic mass is 9.92. The van der Waals surface area contributed by atoms with Crippen LogP contribution in [0.25, 0.3) is 0 Å². The van der Waals surface area contributed by atoms with Crippen LogP contribution >= 0.6 is 11.8 Å². The van der Waals surface area contributed by atoms with Crippen LogP contribution in [0.2, 0.25) is 0 Å². The Morgan fingerprint density at radius 1 is 0.818 bits per heavy atom. The molecule has 2 rings (SSSR count). The first-order valence-corrected chi connectivity index (χ1v) is 10.3. The number of nitrogens with one attached hydrogen (secondary N) is 2. The van der Waals surface area contributed by atoms with Crippen LogP contribution in [0.5, 0.6) is 0 Å². The minimum atomic E-state index is -5.67. The molecule has 0 bridgehead atoms. The molecular formula is C21H19F7N2O2S. The highest BCUT2D eigenvalue weighted by Crippen LogP contribution is 2.38. The zero-order valence-electron chi connectivity index (χ0n) is 17.6. The third-order valence-corrected chi connectivity index (χ3v) is 5.02. The van der Waals surface area contributed by atoms with E-state index in [0.717, 1.165) is 11.8 Å². The quantitative estimate of drug-likeness (QED) is 0.278. The van der Waals surface area contributed by atoms with Crippen LogP contribution in [-0.2, 0) is 15.8 Å². The highest BCUT2D eigenvalue weighted by molar-refractivity contribution is 8.00. The number of hydrogen-bond donors (Lipinski definition) is 2. The number of carbonyl (C=O) groups is 2. The van der Waals surface area contributed by atoms with Crippen molar-refractivity contribution in [1.82, 2.24) is 0 Å². The molecule has 0 radical (unpaired) electrons. The van der Waals surface area contributed by atoms with Gasteiger partial charge in [0.05, 0.1) is 5.75 Å². The molecule has 0 saturated heterocycles. The van der Waals surface area contributed by atoms with Gasteiger partial charge in [-0.1, -0.05) is 20.8 Å². The van der Waals surface area contributed by atoms with Crippen molar-refractivity contribution in [2.24, 2.45) is 5.41 Å². The van der Waals surface area contributed by atoms with E-state index in [-0.39, 0.29) is 11.3 Å². The standard InChI is InChI=1S/C21H19F7N2O2S/c1-20(2,3)8-12(31)29-10-4-6-11(7-5-10)33-9-13(32)30-19-17(24)15(22)14(21(26,27)28)16(23)18(19)25/h4-7H,8-9H2,1-3H3,(H,29,31)(H,30,32). The maximum absolute atomic E-state index is 13.9. The number of thioether (sulfide) groups is 1.